The van der Waals surface area contributed by atoms with E-state index in [-0.39, 0.29) is 34.9 Å². The van der Waals surface area contributed by atoms with Crippen LogP contribution in [0.3, 0.4) is 0 Å². The lowest BCUT2D eigenvalue weighted by atomic mass is 10.2. The van der Waals surface area contributed by atoms with Crippen LogP contribution in [0.5, 0.6) is 5.75 Å². The predicted octanol–water partition coefficient (Wildman–Crippen LogP) is 4.84. The average molecular weight is 403 g/mol. The van der Waals surface area contributed by atoms with Crippen molar-refractivity contribution in [2.24, 2.45) is 0 Å². The topological polar surface area (TPSA) is 64.6 Å². The minimum Gasteiger partial charge on any atom is -0.480 e. The van der Waals surface area contributed by atoms with E-state index in [0.717, 1.165) is 0 Å². The Morgan fingerprint density at radius 3 is 2.36 bits per heavy atom. The molecule has 0 saturated carbocycles. The van der Waals surface area contributed by atoms with E-state index in [4.69, 9.17) is 44.3 Å². The fourth-order valence-corrected chi connectivity index (χ4v) is 2.48. The zero-order chi connectivity index (χ0) is 18.4. The molecule has 5 nitrogen and oxygen atoms in total. The van der Waals surface area contributed by atoms with Gasteiger partial charge in [0.2, 0.25) is 0 Å². The Kier molecular flexibility index (Phi) is 6.93. The number of carbonyl (C=O) groups is 2. The summed E-state index contributed by atoms with van der Waals surface area (Å²) in [5.74, 6) is -0.706. The predicted molar refractivity (Wildman–Crippen MR) is 98.0 cm³/mol. The second-order valence-corrected chi connectivity index (χ2v) is 6.07. The number of ether oxygens (including phenoxy) is 2. The highest BCUT2D eigenvalue weighted by Crippen LogP contribution is 2.34. The molecule has 2 aromatic rings. The lowest BCUT2D eigenvalue weighted by Gasteiger charge is -2.12. The van der Waals surface area contributed by atoms with E-state index in [0.29, 0.717) is 16.3 Å². The normalized spacial score (nSPS) is 10.2. The van der Waals surface area contributed by atoms with E-state index >= 15 is 0 Å². The molecule has 8 heteroatoms. The van der Waals surface area contributed by atoms with E-state index in [1.807, 2.05) is 0 Å². The summed E-state index contributed by atoms with van der Waals surface area (Å²) >= 11 is 17.9. The van der Waals surface area contributed by atoms with Gasteiger partial charge in [-0.1, -0.05) is 34.8 Å². The number of esters is 1. The number of carbonyl (C=O) groups excluding carboxylic acids is 2. The first-order valence-corrected chi connectivity index (χ1v) is 8.38. The van der Waals surface area contributed by atoms with Gasteiger partial charge < -0.3 is 14.8 Å². The van der Waals surface area contributed by atoms with Gasteiger partial charge in [0.25, 0.3) is 5.91 Å². The molecule has 25 heavy (non-hydrogen) atoms. The molecule has 0 atom stereocenters. The molecule has 0 aromatic heterocycles. The molecule has 0 aliphatic heterocycles. The SMILES string of the molecule is CCOC(=O)COc1cc(NC(=O)c2ccc(Cl)cc2)c(Cl)cc1Cl. The highest BCUT2D eigenvalue weighted by molar-refractivity contribution is 6.37. The van der Waals surface area contributed by atoms with Gasteiger partial charge in [-0.2, -0.15) is 0 Å². The van der Waals surface area contributed by atoms with Crippen molar-refractivity contribution in [1.82, 2.24) is 0 Å². The van der Waals surface area contributed by atoms with Crippen LogP contribution in [0.25, 0.3) is 0 Å². The van der Waals surface area contributed by atoms with Crippen LogP contribution in [0.4, 0.5) is 5.69 Å². The van der Waals surface area contributed by atoms with Crippen molar-refractivity contribution < 1.29 is 19.1 Å². The maximum atomic E-state index is 12.3. The second kappa shape index (κ2) is 8.94. The van der Waals surface area contributed by atoms with Crippen molar-refractivity contribution in [3.63, 3.8) is 0 Å². The summed E-state index contributed by atoms with van der Waals surface area (Å²) in [4.78, 5) is 23.6. The largest absolute Gasteiger partial charge is 0.480 e. The summed E-state index contributed by atoms with van der Waals surface area (Å²) in [6, 6.07) is 9.24. The van der Waals surface area contributed by atoms with Gasteiger partial charge in [-0.05, 0) is 37.3 Å². The molecule has 0 saturated heterocycles. The molecule has 0 aliphatic carbocycles. The first-order chi connectivity index (χ1) is 11.9. The van der Waals surface area contributed by atoms with Gasteiger partial charge in [-0.15, -0.1) is 0 Å². The maximum absolute atomic E-state index is 12.3. The number of hydrogen-bond acceptors (Lipinski definition) is 4. The molecule has 0 bridgehead atoms. The van der Waals surface area contributed by atoms with Crippen molar-refractivity contribution in [3.8, 4) is 5.75 Å². The standard InChI is InChI=1S/C17H14Cl3NO4/c1-2-24-16(22)9-25-15-8-14(12(19)7-13(15)20)21-17(23)10-3-5-11(18)6-4-10/h3-8H,2,9H2,1H3,(H,21,23). The van der Waals surface area contributed by atoms with Gasteiger partial charge in [-0.3, -0.25) is 4.79 Å². The summed E-state index contributed by atoms with van der Waals surface area (Å²) in [5.41, 5.74) is 0.703. The molecule has 0 fully saturated rings. The first kappa shape index (κ1) is 19.4. The first-order valence-electron chi connectivity index (χ1n) is 7.25. The van der Waals surface area contributed by atoms with Crippen molar-refractivity contribution in [2.75, 3.05) is 18.5 Å². The molecule has 2 aromatic carbocycles. The fourth-order valence-electron chi connectivity index (χ4n) is 1.87. The minimum atomic E-state index is -0.528. The van der Waals surface area contributed by atoms with Crippen LogP contribution >= 0.6 is 34.8 Å². The zero-order valence-electron chi connectivity index (χ0n) is 13.1. The number of benzene rings is 2. The number of nitrogens with one attached hydrogen (secondary N) is 1. The van der Waals surface area contributed by atoms with Gasteiger partial charge in [0, 0.05) is 16.7 Å². The van der Waals surface area contributed by atoms with Gasteiger partial charge >= 0.3 is 5.97 Å². The zero-order valence-corrected chi connectivity index (χ0v) is 15.4. The average Bonchev–Trinajstić information content (AvgIpc) is 2.57. The van der Waals surface area contributed by atoms with E-state index < -0.39 is 5.97 Å². The van der Waals surface area contributed by atoms with Crippen LogP contribution in [0, 0.1) is 0 Å². The Balaban J connectivity index is 2.14. The Hall–Kier alpha value is -1.95. The van der Waals surface area contributed by atoms with E-state index in [1.165, 1.54) is 12.1 Å². The number of halogens is 3. The van der Waals surface area contributed by atoms with E-state index in [1.54, 1.807) is 31.2 Å². The van der Waals surface area contributed by atoms with Gasteiger partial charge in [0.1, 0.15) is 5.75 Å². The van der Waals surface area contributed by atoms with E-state index in [2.05, 4.69) is 5.32 Å². The quantitative estimate of drug-likeness (QED) is 0.702. The smallest absolute Gasteiger partial charge is 0.344 e. The van der Waals surface area contributed by atoms with Gasteiger partial charge in [-0.25, -0.2) is 4.79 Å². The highest BCUT2D eigenvalue weighted by atomic mass is 35.5. The number of anilines is 1. The molecule has 0 heterocycles. The third kappa shape index (κ3) is 5.53. The summed E-state index contributed by atoms with van der Waals surface area (Å²) in [6.07, 6.45) is 0. The molecular formula is C17H14Cl3NO4. The van der Waals surface area contributed by atoms with Gasteiger partial charge in [0.05, 0.1) is 22.3 Å². The second-order valence-electron chi connectivity index (χ2n) is 4.82. The Morgan fingerprint density at radius 1 is 1.04 bits per heavy atom. The number of amides is 1. The lowest BCUT2D eigenvalue weighted by Crippen LogP contribution is -2.15. The third-order valence-electron chi connectivity index (χ3n) is 3.03. The molecule has 132 valence electrons. The van der Waals surface area contributed by atoms with E-state index in [9.17, 15) is 9.59 Å². The molecule has 1 amide bonds. The molecule has 0 unspecified atom stereocenters. The summed E-state index contributed by atoms with van der Waals surface area (Å²) in [6.45, 7) is 1.64. The molecule has 0 spiro atoms. The number of rotatable bonds is 6. The Labute approximate surface area is 159 Å². The van der Waals surface area contributed by atoms with Crippen molar-refractivity contribution in [2.45, 2.75) is 6.92 Å². The summed E-state index contributed by atoms with van der Waals surface area (Å²) < 4.78 is 10.1. The van der Waals surface area contributed by atoms with Crippen molar-refractivity contribution >= 4 is 52.4 Å². The van der Waals surface area contributed by atoms with Crippen LogP contribution in [-0.2, 0) is 9.53 Å². The fraction of sp³-hybridized carbons (Fsp3) is 0.176. The molecule has 0 radical (unpaired) electrons. The maximum Gasteiger partial charge on any atom is 0.344 e. The Bertz CT molecular complexity index is 778. The van der Waals surface area contributed by atoms with Crippen molar-refractivity contribution in [1.29, 1.82) is 0 Å². The summed E-state index contributed by atoms with van der Waals surface area (Å²) in [5, 5.41) is 3.62. The van der Waals surface area contributed by atoms with Crippen LogP contribution in [0.15, 0.2) is 36.4 Å². The van der Waals surface area contributed by atoms with Crippen LogP contribution in [-0.4, -0.2) is 25.1 Å². The monoisotopic (exact) mass is 401 g/mol. The number of hydrogen-bond donors (Lipinski definition) is 1. The summed E-state index contributed by atoms with van der Waals surface area (Å²) in [7, 11) is 0. The van der Waals surface area contributed by atoms with Crippen LogP contribution in [0.2, 0.25) is 15.1 Å². The molecule has 0 aliphatic rings. The van der Waals surface area contributed by atoms with Crippen LogP contribution < -0.4 is 10.1 Å². The lowest BCUT2D eigenvalue weighted by molar-refractivity contribution is -0.145. The minimum absolute atomic E-state index is 0.200. The van der Waals surface area contributed by atoms with Gasteiger partial charge in [0.15, 0.2) is 6.61 Å². The molecule has 2 rings (SSSR count). The highest BCUT2D eigenvalue weighted by Gasteiger charge is 2.14. The Morgan fingerprint density at radius 2 is 1.72 bits per heavy atom. The third-order valence-corrected chi connectivity index (χ3v) is 3.89. The van der Waals surface area contributed by atoms with Crippen molar-refractivity contribution in [3.05, 3.63) is 57.0 Å². The van der Waals surface area contributed by atoms with Crippen LogP contribution in [0.1, 0.15) is 17.3 Å². The molecule has 1 N–H and O–H groups in total. The molecular weight excluding hydrogens is 389 g/mol.